The van der Waals surface area contributed by atoms with Gasteiger partial charge in [-0.2, -0.15) is 0 Å². The lowest BCUT2D eigenvalue weighted by Gasteiger charge is -2.42. The second kappa shape index (κ2) is 36.1. The van der Waals surface area contributed by atoms with Crippen molar-refractivity contribution in [2.45, 2.75) is 197 Å². The van der Waals surface area contributed by atoms with Crippen molar-refractivity contribution in [1.82, 2.24) is 0 Å². The molecule has 0 saturated carbocycles. The average Bonchev–Trinajstić information content (AvgIpc) is 3.29. The normalized spacial score (nSPS) is 27.3. The summed E-state index contributed by atoms with van der Waals surface area (Å²) in [7, 11) is 0. The number of allylic oxidation sites excluding steroid dienone is 11. The van der Waals surface area contributed by atoms with Crippen LogP contribution in [0.1, 0.15) is 129 Å². The summed E-state index contributed by atoms with van der Waals surface area (Å²) in [5, 5.41) is 71.9. The van der Waals surface area contributed by atoms with Crippen molar-refractivity contribution >= 4 is 11.9 Å². The van der Waals surface area contributed by atoms with E-state index in [1.165, 1.54) is 25.7 Å². The Balaban J connectivity index is 1.90. The van der Waals surface area contributed by atoms with Crippen molar-refractivity contribution in [1.29, 1.82) is 0 Å². The number of carbonyl (C=O) groups is 2. The SMILES string of the molecule is CC/C=C\C/C=C\C/C=C\C/C=C\C/C=C\CC(=O)OC(COC(=O)CCCCCCC/C=C\CCCCCC)COC1OC(COC2OC(CO)C(O)C(O)C2O)C(O)C(O)C1O. The van der Waals surface area contributed by atoms with Crippen LogP contribution in [0.2, 0.25) is 0 Å². The average molecular weight is 909 g/mol. The molecule has 0 radical (unpaired) electrons. The first-order valence-corrected chi connectivity index (χ1v) is 23.5. The van der Waals surface area contributed by atoms with E-state index < -0.39 is 99.3 Å². The van der Waals surface area contributed by atoms with E-state index >= 15 is 0 Å². The highest BCUT2D eigenvalue weighted by Gasteiger charge is 2.47. The van der Waals surface area contributed by atoms with Crippen LogP contribution in [0.5, 0.6) is 0 Å². The second-order valence-electron chi connectivity index (χ2n) is 16.2. The van der Waals surface area contributed by atoms with Gasteiger partial charge in [-0.3, -0.25) is 9.59 Å². The van der Waals surface area contributed by atoms with Crippen LogP contribution in [0, 0.1) is 0 Å². The number of ether oxygens (including phenoxy) is 6. The van der Waals surface area contributed by atoms with E-state index in [0.717, 1.165) is 64.2 Å². The highest BCUT2D eigenvalue weighted by molar-refractivity contribution is 5.71. The Morgan fingerprint density at radius 1 is 0.531 bits per heavy atom. The van der Waals surface area contributed by atoms with Gasteiger partial charge in [-0.25, -0.2) is 0 Å². The molecule has 2 heterocycles. The minimum Gasteiger partial charge on any atom is -0.462 e. The first-order valence-electron chi connectivity index (χ1n) is 23.5. The van der Waals surface area contributed by atoms with E-state index in [2.05, 4.69) is 62.5 Å². The predicted molar refractivity (Wildman–Crippen MR) is 242 cm³/mol. The molecule has 11 atom stereocenters. The molecule has 2 aliphatic rings. The molecule has 0 aliphatic carbocycles. The highest BCUT2D eigenvalue weighted by atomic mass is 16.7. The van der Waals surface area contributed by atoms with Crippen LogP contribution in [0.25, 0.3) is 0 Å². The number of rotatable bonds is 34. The second-order valence-corrected chi connectivity index (χ2v) is 16.2. The van der Waals surface area contributed by atoms with Crippen LogP contribution in [-0.4, -0.2) is 142 Å². The topological polar surface area (TPSA) is 231 Å². The fraction of sp³-hybridized carbons (Fsp3) is 0.714. The van der Waals surface area contributed by atoms with E-state index in [4.69, 9.17) is 28.4 Å². The Labute approximate surface area is 381 Å². The predicted octanol–water partition coefficient (Wildman–Crippen LogP) is 5.48. The zero-order chi connectivity index (χ0) is 46.8. The molecule has 7 N–H and O–H groups in total. The third kappa shape index (κ3) is 24.5. The first-order chi connectivity index (χ1) is 31.0. The van der Waals surface area contributed by atoms with Gasteiger partial charge < -0.3 is 64.2 Å². The summed E-state index contributed by atoms with van der Waals surface area (Å²) >= 11 is 0. The third-order valence-corrected chi connectivity index (χ3v) is 10.7. The van der Waals surface area contributed by atoms with Gasteiger partial charge in [0.15, 0.2) is 18.7 Å². The lowest BCUT2D eigenvalue weighted by atomic mass is 9.98. The molecule has 0 aromatic heterocycles. The smallest absolute Gasteiger partial charge is 0.310 e. The molecule has 0 aromatic rings. The van der Waals surface area contributed by atoms with Crippen LogP contribution >= 0.6 is 0 Å². The van der Waals surface area contributed by atoms with Crippen molar-refractivity contribution in [2.24, 2.45) is 0 Å². The lowest BCUT2D eigenvalue weighted by molar-refractivity contribution is -0.332. The zero-order valence-electron chi connectivity index (χ0n) is 38.2. The Kier molecular flexibility index (Phi) is 32.2. The van der Waals surface area contributed by atoms with E-state index in [1.54, 1.807) is 6.08 Å². The minimum absolute atomic E-state index is 0.0719. The van der Waals surface area contributed by atoms with Gasteiger partial charge in [0.05, 0.1) is 26.2 Å². The van der Waals surface area contributed by atoms with Crippen LogP contribution in [0.15, 0.2) is 72.9 Å². The number of aliphatic hydroxyl groups excluding tert-OH is 7. The van der Waals surface area contributed by atoms with Gasteiger partial charge >= 0.3 is 11.9 Å². The van der Waals surface area contributed by atoms with Crippen LogP contribution in [-0.2, 0) is 38.0 Å². The third-order valence-electron chi connectivity index (χ3n) is 10.7. The molecule has 0 spiro atoms. The summed E-state index contributed by atoms with van der Waals surface area (Å²) in [5.74, 6) is -1.09. The van der Waals surface area contributed by atoms with E-state index in [9.17, 15) is 45.3 Å². The molecule has 15 heteroatoms. The fourth-order valence-corrected chi connectivity index (χ4v) is 6.81. The number of esters is 2. The minimum atomic E-state index is -1.78. The largest absolute Gasteiger partial charge is 0.462 e. The number of hydrogen-bond acceptors (Lipinski definition) is 15. The molecular formula is C49H80O15. The van der Waals surface area contributed by atoms with Crippen molar-refractivity contribution in [2.75, 3.05) is 26.4 Å². The van der Waals surface area contributed by atoms with Gasteiger partial charge in [-0.15, -0.1) is 0 Å². The van der Waals surface area contributed by atoms with Crippen LogP contribution in [0.4, 0.5) is 0 Å². The zero-order valence-corrected chi connectivity index (χ0v) is 38.2. The maximum absolute atomic E-state index is 12.9. The molecular weight excluding hydrogens is 829 g/mol. The van der Waals surface area contributed by atoms with Gasteiger partial charge in [0, 0.05) is 6.42 Å². The molecule has 2 saturated heterocycles. The maximum Gasteiger partial charge on any atom is 0.310 e. The monoisotopic (exact) mass is 909 g/mol. The standard InChI is InChI=1S/C49H80O15/c1-3-5-7-9-11-13-15-17-18-20-22-24-26-28-30-32-41(52)62-37(34-59-40(51)31-29-27-25-23-21-19-16-14-12-10-8-6-4-2)35-60-48-47(58)45(56)43(54)39(64-48)36-61-49-46(57)44(55)42(53)38(33-50)63-49/h5,7,11,13-14,16-18,22,24,28,30,37-39,42-50,53-58H,3-4,6,8-10,12,15,19-21,23,25-27,29,31-36H2,1-2H3/b7-5-,13-11-,16-14-,18-17-,24-22-,30-28-. The van der Waals surface area contributed by atoms with E-state index in [0.29, 0.717) is 12.8 Å². The lowest BCUT2D eigenvalue weighted by Crippen LogP contribution is -2.61. The molecule has 2 fully saturated rings. The van der Waals surface area contributed by atoms with Gasteiger partial charge in [-0.1, -0.05) is 125 Å². The molecule has 0 bridgehead atoms. The van der Waals surface area contributed by atoms with Crippen molar-refractivity contribution in [3.8, 4) is 0 Å². The summed E-state index contributed by atoms with van der Waals surface area (Å²) in [6, 6.07) is 0. The molecule has 2 aliphatic heterocycles. The first kappa shape index (κ1) is 57.1. The van der Waals surface area contributed by atoms with E-state index in [1.807, 2.05) is 18.2 Å². The Hall–Kier alpha value is -3.06. The van der Waals surface area contributed by atoms with Gasteiger partial charge in [0.1, 0.15) is 55.4 Å². The number of hydrogen-bond donors (Lipinski definition) is 7. The molecule has 0 amide bonds. The van der Waals surface area contributed by atoms with Crippen molar-refractivity contribution in [3.05, 3.63) is 72.9 Å². The maximum atomic E-state index is 12.9. The summed E-state index contributed by atoms with van der Waals surface area (Å²) in [6.45, 7) is 2.31. The van der Waals surface area contributed by atoms with Crippen LogP contribution < -0.4 is 0 Å². The Morgan fingerprint density at radius 2 is 1.03 bits per heavy atom. The molecule has 0 aromatic carbocycles. The van der Waals surface area contributed by atoms with Crippen LogP contribution in [0.3, 0.4) is 0 Å². The van der Waals surface area contributed by atoms with Gasteiger partial charge in [0.25, 0.3) is 0 Å². The molecule has 2 rings (SSSR count). The number of unbranched alkanes of at least 4 members (excludes halogenated alkanes) is 9. The summed E-state index contributed by atoms with van der Waals surface area (Å²) in [6.07, 6.45) is 24.0. The quantitative estimate of drug-likeness (QED) is 0.0241. The summed E-state index contributed by atoms with van der Waals surface area (Å²) in [4.78, 5) is 25.6. The molecule has 15 nitrogen and oxygen atoms in total. The van der Waals surface area contributed by atoms with Gasteiger partial charge in [-0.05, 0) is 64.2 Å². The summed E-state index contributed by atoms with van der Waals surface area (Å²) < 4.78 is 33.3. The Bertz CT molecular complexity index is 1390. The highest BCUT2D eigenvalue weighted by Crippen LogP contribution is 2.26. The van der Waals surface area contributed by atoms with Gasteiger partial charge in [0.2, 0.25) is 0 Å². The summed E-state index contributed by atoms with van der Waals surface area (Å²) in [5.41, 5.74) is 0. The molecule has 64 heavy (non-hydrogen) atoms. The van der Waals surface area contributed by atoms with Crippen molar-refractivity contribution < 1.29 is 73.8 Å². The van der Waals surface area contributed by atoms with E-state index in [-0.39, 0.29) is 19.4 Å². The van der Waals surface area contributed by atoms with Crippen molar-refractivity contribution in [3.63, 3.8) is 0 Å². The molecule has 11 unspecified atom stereocenters. The Morgan fingerprint density at radius 3 is 1.61 bits per heavy atom. The number of carbonyl (C=O) groups excluding carboxylic acids is 2. The number of aliphatic hydroxyl groups is 7. The fourth-order valence-electron chi connectivity index (χ4n) is 6.81. The molecule has 366 valence electrons.